The van der Waals surface area contributed by atoms with Crippen LogP contribution >= 0.6 is 11.6 Å². The molecular formula is C17H15ClFNO. The smallest absolute Gasteiger partial charge is 0.254 e. The standard InChI is InChI=1S/C17H15ClFNO/c18-15-8-2-1-7-14(15)16-9-4-10-20(16)17(21)12-5-3-6-13(19)11-12/h1-3,5-8,11,16H,4,9-10H2/t16-/m0/s1. The van der Waals surface area contributed by atoms with Crippen LogP contribution < -0.4 is 0 Å². The largest absolute Gasteiger partial charge is 0.332 e. The first-order valence-corrected chi connectivity index (χ1v) is 7.35. The molecule has 1 aliphatic heterocycles. The van der Waals surface area contributed by atoms with Gasteiger partial charge in [0, 0.05) is 17.1 Å². The quantitative estimate of drug-likeness (QED) is 0.802. The van der Waals surface area contributed by atoms with E-state index in [1.165, 1.54) is 12.1 Å². The third-order valence-electron chi connectivity index (χ3n) is 3.85. The molecule has 0 spiro atoms. The van der Waals surface area contributed by atoms with Crippen molar-refractivity contribution in [3.8, 4) is 0 Å². The lowest BCUT2D eigenvalue weighted by Gasteiger charge is -2.26. The highest BCUT2D eigenvalue weighted by Gasteiger charge is 2.31. The van der Waals surface area contributed by atoms with Crippen molar-refractivity contribution >= 4 is 17.5 Å². The summed E-state index contributed by atoms with van der Waals surface area (Å²) < 4.78 is 13.3. The second kappa shape index (κ2) is 5.86. The van der Waals surface area contributed by atoms with Gasteiger partial charge in [0.05, 0.1) is 6.04 Å². The zero-order chi connectivity index (χ0) is 14.8. The van der Waals surface area contributed by atoms with Crippen molar-refractivity contribution in [2.45, 2.75) is 18.9 Å². The number of hydrogen-bond donors (Lipinski definition) is 0. The molecule has 2 aromatic rings. The third-order valence-corrected chi connectivity index (χ3v) is 4.19. The summed E-state index contributed by atoms with van der Waals surface area (Å²) >= 11 is 6.25. The van der Waals surface area contributed by atoms with Crippen LogP contribution in [0.5, 0.6) is 0 Å². The first-order valence-electron chi connectivity index (χ1n) is 6.98. The van der Waals surface area contributed by atoms with E-state index in [0.717, 1.165) is 18.4 Å². The fraction of sp³-hybridized carbons (Fsp3) is 0.235. The molecule has 1 aliphatic rings. The van der Waals surface area contributed by atoms with Gasteiger partial charge in [-0.05, 0) is 42.7 Å². The highest BCUT2D eigenvalue weighted by molar-refractivity contribution is 6.31. The summed E-state index contributed by atoms with van der Waals surface area (Å²) in [6, 6.07) is 13.4. The molecule has 0 radical (unpaired) electrons. The molecule has 108 valence electrons. The molecule has 0 aromatic heterocycles. The van der Waals surface area contributed by atoms with Crippen LogP contribution in [0.4, 0.5) is 4.39 Å². The minimum absolute atomic E-state index is 0.0329. The Morgan fingerprint density at radius 1 is 1.19 bits per heavy atom. The molecular weight excluding hydrogens is 289 g/mol. The summed E-state index contributed by atoms with van der Waals surface area (Å²) in [5.74, 6) is -0.536. The van der Waals surface area contributed by atoms with Gasteiger partial charge in [-0.15, -0.1) is 0 Å². The molecule has 0 unspecified atom stereocenters. The van der Waals surface area contributed by atoms with Crippen LogP contribution in [0.15, 0.2) is 48.5 Å². The normalized spacial score (nSPS) is 18.0. The number of carbonyl (C=O) groups is 1. The lowest BCUT2D eigenvalue weighted by Crippen LogP contribution is -2.30. The number of benzene rings is 2. The van der Waals surface area contributed by atoms with E-state index in [9.17, 15) is 9.18 Å². The minimum Gasteiger partial charge on any atom is -0.332 e. The van der Waals surface area contributed by atoms with Crippen LogP contribution in [0.25, 0.3) is 0 Å². The molecule has 4 heteroatoms. The SMILES string of the molecule is O=C(c1cccc(F)c1)N1CCC[C@H]1c1ccccc1Cl. The summed E-state index contributed by atoms with van der Waals surface area (Å²) in [4.78, 5) is 14.4. The molecule has 1 fully saturated rings. The van der Waals surface area contributed by atoms with Gasteiger partial charge in [-0.2, -0.15) is 0 Å². The van der Waals surface area contributed by atoms with Crippen molar-refractivity contribution in [1.82, 2.24) is 4.90 Å². The molecule has 21 heavy (non-hydrogen) atoms. The van der Waals surface area contributed by atoms with E-state index >= 15 is 0 Å². The molecule has 2 nitrogen and oxygen atoms in total. The molecule has 0 N–H and O–H groups in total. The predicted molar refractivity (Wildman–Crippen MR) is 80.9 cm³/mol. The van der Waals surface area contributed by atoms with E-state index in [0.29, 0.717) is 17.1 Å². The lowest BCUT2D eigenvalue weighted by molar-refractivity contribution is 0.0735. The Morgan fingerprint density at radius 3 is 2.76 bits per heavy atom. The van der Waals surface area contributed by atoms with Gasteiger partial charge in [-0.1, -0.05) is 35.9 Å². The zero-order valence-electron chi connectivity index (χ0n) is 11.4. The second-order valence-electron chi connectivity index (χ2n) is 5.19. The van der Waals surface area contributed by atoms with Gasteiger partial charge < -0.3 is 4.90 Å². The summed E-state index contributed by atoms with van der Waals surface area (Å²) in [6.07, 6.45) is 1.81. The van der Waals surface area contributed by atoms with Gasteiger partial charge in [0.25, 0.3) is 5.91 Å². The average Bonchev–Trinajstić information content (AvgIpc) is 2.96. The number of carbonyl (C=O) groups excluding carboxylic acids is 1. The summed E-state index contributed by atoms with van der Waals surface area (Å²) in [5, 5.41) is 0.668. The second-order valence-corrected chi connectivity index (χ2v) is 5.60. The van der Waals surface area contributed by atoms with Crippen LogP contribution in [-0.4, -0.2) is 17.4 Å². The molecule has 1 atom stereocenters. The van der Waals surface area contributed by atoms with Crippen molar-refractivity contribution in [2.24, 2.45) is 0 Å². The van der Waals surface area contributed by atoms with Crippen molar-refractivity contribution in [2.75, 3.05) is 6.54 Å². The van der Waals surface area contributed by atoms with Gasteiger partial charge >= 0.3 is 0 Å². The van der Waals surface area contributed by atoms with Crippen LogP contribution in [0.2, 0.25) is 5.02 Å². The zero-order valence-corrected chi connectivity index (χ0v) is 12.2. The topological polar surface area (TPSA) is 20.3 Å². The molecule has 0 saturated carbocycles. The van der Waals surface area contributed by atoms with Gasteiger partial charge in [0.1, 0.15) is 5.82 Å². The van der Waals surface area contributed by atoms with Crippen LogP contribution in [0.1, 0.15) is 34.8 Å². The molecule has 1 amide bonds. The molecule has 3 rings (SSSR count). The van der Waals surface area contributed by atoms with E-state index in [1.807, 2.05) is 24.3 Å². The van der Waals surface area contributed by atoms with Gasteiger partial charge in [0.15, 0.2) is 0 Å². The Labute approximate surface area is 128 Å². The minimum atomic E-state index is -0.394. The molecule has 0 aliphatic carbocycles. The number of rotatable bonds is 2. The predicted octanol–water partition coefficient (Wildman–Crippen LogP) is 4.46. The third kappa shape index (κ3) is 2.79. The Kier molecular flexibility index (Phi) is 3.93. The summed E-state index contributed by atoms with van der Waals surface area (Å²) in [6.45, 7) is 0.672. The molecule has 0 bridgehead atoms. The Bertz CT molecular complexity index is 673. The van der Waals surface area contributed by atoms with Crippen LogP contribution in [0.3, 0.4) is 0 Å². The summed E-state index contributed by atoms with van der Waals surface area (Å²) in [7, 11) is 0. The van der Waals surface area contributed by atoms with Gasteiger partial charge in [0.2, 0.25) is 0 Å². The number of likely N-dealkylation sites (tertiary alicyclic amines) is 1. The molecule has 1 heterocycles. The summed E-state index contributed by atoms with van der Waals surface area (Å²) in [5.41, 5.74) is 1.34. The fourth-order valence-electron chi connectivity index (χ4n) is 2.87. The highest BCUT2D eigenvalue weighted by Crippen LogP contribution is 2.36. The van der Waals surface area contributed by atoms with E-state index in [2.05, 4.69) is 0 Å². The number of halogens is 2. The van der Waals surface area contributed by atoms with Crippen molar-refractivity contribution in [3.63, 3.8) is 0 Å². The van der Waals surface area contributed by atoms with Gasteiger partial charge in [-0.3, -0.25) is 4.79 Å². The average molecular weight is 304 g/mol. The van der Waals surface area contributed by atoms with E-state index in [-0.39, 0.29) is 11.9 Å². The monoisotopic (exact) mass is 303 g/mol. The van der Waals surface area contributed by atoms with E-state index in [4.69, 9.17) is 11.6 Å². The lowest BCUT2D eigenvalue weighted by atomic mass is 10.0. The highest BCUT2D eigenvalue weighted by atomic mass is 35.5. The van der Waals surface area contributed by atoms with Crippen LogP contribution in [0, 0.1) is 5.82 Å². The molecule has 2 aromatic carbocycles. The number of hydrogen-bond acceptors (Lipinski definition) is 1. The van der Waals surface area contributed by atoms with Crippen molar-refractivity contribution in [1.29, 1.82) is 0 Å². The van der Waals surface area contributed by atoms with Crippen molar-refractivity contribution < 1.29 is 9.18 Å². The van der Waals surface area contributed by atoms with E-state index < -0.39 is 5.82 Å². The maximum absolute atomic E-state index is 13.3. The number of amides is 1. The maximum atomic E-state index is 13.3. The first kappa shape index (κ1) is 14.1. The first-order chi connectivity index (χ1) is 10.2. The Hall–Kier alpha value is -1.87. The Balaban J connectivity index is 1.91. The Morgan fingerprint density at radius 2 is 2.00 bits per heavy atom. The van der Waals surface area contributed by atoms with Crippen molar-refractivity contribution in [3.05, 3.63) is 70.5 Å². The maximum Gasteiger partial charge on any atom is 0.254 e. The van der Waals surface area contributed by atoms with Gasteiger partial charge in [-0.25, -0.2) is 4.39 Å². The van der Waals surface area contributed by atoms with Crippen LogP contribution in [-0.2, 0) is 0 Å². The fourth-order valence-corrected chi connectivity index (χ4v) is 3.13. The molecule has 1 saturated heterocycles. The van der Waals surface area contributed by atoms with E-state index in [1.54, 1.807) is 17.0 Å². The number of nitrogens with zero attached hydrogens (tertiary/aromatic N) is 1.